The Labute approximate surface area is 139 Å². The van der Waals surface area contributed by atoms with Crippen LogP contribution in [0.25, 0.3) is 0 Å². The van der Waals surface area contributed by atoms with Gasteiger partial charge in [0.2, 0.25) is 5.91 Å². The fraction of sp³-hybridized carbons (Fsp3) is 0.133. The molecule has 1 amide bonds. The molecular weight excluding hydrogens is 342 g/mol. The van der Waals surface area contributed by atoms with Gasteiger partial charge in [0.25, 0.3) is 0 Å². The van der Waals surface area contributed by atoms with Crippen LogP contribution in [0.3, 0.4) is 0 Å². The zero-order chi connectivity index (χ0) is 17.0. The van der Waals surface area contributed by atoms with Gasteiger partial charge in [-0.1, -0.05) is 11.6 Å². The summed E-state index contributed by atoms with van der Waals surface area (Å²) in [6.45, 7) is 1.29. The minimum absolute atomic E-state index is 0.0274. The van der Waals surface area contributed by atoms with Crippen molar-refractivity contribution in [2.24, 2.45) is 0 Å². The maximum Gasteiger partial charge on any atom is 0.339 e. The smallest absolute Gasteiger partial charge is 0.339 e. The number of rotatable bonds is 5. The molecule has 122 valence electrons. The van der Waals surface area contributed by atoms with Crippen molar-refractivity contribution in [3.8, 4) is 11.5 Å². The van der Waals surface area contributed by atoms with Crippen LogP contribution in [0.15, 0.2) is 47.4 Å². The summed E-state index contributed by atoms with van der Waals surface area (Å²) in [5.74, 6) is 0.119. The summed E-state index contributed by atoms with van der Waals surface area (Å²) in [7, 11) is -2.58. The molecule has 1 N–H and O–H groups in total. The first-order valence-corrected chi connectivity index (χ1v) is 8.26. The number of carbonyl (C=O) groups is 1. The van der Waals surface area contributed by atoms with Crippen molar-refractivity contribution in [2.45, 2.75) is 11.8 Å². The molecule has 6 nitrogen and oxygen atoms in total. The average molecular weight is 356 g/mol. The number of anilines is 1. The Bertz CT molecular complexity index is 818. The molecule has 0 saturated carbocycles. The van der Waals surface area contributed by atoms with Gasteiger partial charge in [-0.05, 0) is 42.5 Å². The molecule has 0 aliphatic carbocycles. The molecule has 2 rings (SSSR count). The Hall–Kier alpha value is -2.25. The van der Waals surface area contributed by atoms with Crippen LogP contribution in [0.2, 0.25) is 5.02 Å². The molecule has 8 heteroatoms. The summed E-state index contributed by atoms with van der Waals surface area (Å²) in [4.78, 5) is 11.2. The van der Waals surface area contributed by atoms with Crippen molar-refractivity contribution in [1.82, 2.24) is 0 Å². The largest absolute Gasteiger partial charge is 0.497 e. The first-order valence-electron chi connectivity index (χ1n) is 6.47. The third-order valence-electron chi connectivity index (χ3n) is 2.80. The number of carbonyl (C=O) groups excluding carboxylic acids is 1. The van der Waals surface area contributed by atoms with Crippen LogP contribution in [0.5, 0.6) is 11.5 Å². The minimum Gasteiger partial charge on any atom is -0.497 e. The van der Waals surface area contributed by atoms with Gasteiger partial charge in [-0.3, -0.25) is 4.79 Å². The number of hydrogen-bond acceptors (Lipinski definition) is 5. The van der Waals surface area contributed by atoms with Crippen molar-refractivity contribution < 1.29 is 22.1 Å². The van der Waals surface area contributed by atoms with E-state index in [0.29, 0.717) is 10.8 Å². The predicted molar refractivity (Wildman–Crippen MR) is 86.6 cm³/mol. The average Bonchev–Trinajstić information content (AvgIpc) is 2.49. The number of nitrogens with one attached hydrogen (secondary N) is 1. The third kappa shape index (κ3) is 4.37. The van der Waals surface area contributed by atoms with Gasteiger partial charge in [0.15, 0.2) is 5.75 Å². The van der Waals surface area contributed by atoms with E-state index in [9.17, 15) is 13.2 Å². The third-order valence-corrected chi connectivity index (χ3v) is 4.28. The van der Waals surface area contributed by atoms with Gasteiger partial charge < -0.3 is 14.2 Å². The maximum absolute atomic E-state index is 12.3. The van der Waals surface area contributed by atoms with Crippen molar-refractivity contribution in [2.75, 3.05) is 12.4 Å². The molecular formula is C15H14ClNO5S. The molecule has 0 atom stereocenters. The molecule has 0 aromatic heterocycles. The molecule has 0 bridgehead atoms. The topological polar surface area (TPSA) is 81.7 Å². The van der Waals surface area contributed by atoms with Crippen molar-refractivity contribution >= 4 is 33.3 Å². The highest BCUT2D eigenvalue weighted by atomic mass is 35.5. The summed E-state index contributed by atoms with van der Waals surface area (Å²) in [6.07, 6.45) is 0. The Morgan fingerprint density at radius 2 is 1.78 bits per heavy atom. The van der Waals surface area contributed by atoms with Crippen molar-refractivity contribution in [3.05, 3.63) is 47.5 Å². The van der Waals surface area contributed by atoms with Gasteiger partial charge in [-0.15, -0.1) is 0 Å². The summed E-state index contributed by atoms with van der Waals surface area (Å²) in [5, 5.41) is 2.81. The maximum atomic E-state index is 12.3. The van der Waals surface area contributed by atoms with E-state index in [1.807, 2.05) is 0 Å². The molecule has 2 aromatic carbocycles. The lowest BCUT2D eigenvalue weighted by Gasteiger charge is -2.12. The van der Waals surface area contributed by atoms with Crippen molar-refractivity contribution in [1.29, 1.82) is 0 Å². The van der Waals surface area contributed by atoms with E-state index in [-0.39, 0.29) is 22.2 Å². The highest BCUT2D eigenvalue weighted by Gasteiger charge is 2.19. The van der Waals surface area contributed by atoms with E-state index in [1.54, 1.807) is 0 Å². The lowest BCUT2D eigenvalue weighted by atomic mass is 10.3. The van der Waals surface area contributed by atoms with E-state index in [0.717, 1.165) is 0 Å². The molecule has 0 fully saturated rings. The van der Waals surface area contributed by atoms with E-state index < -0.39 is 10.1 Å². The predicted octanol–water partition coefficient (Wildman–Crippen LogP) is 3.07. The zero-order valence-electron chi connectivity index (χ0n) is 12.4. The second kappa shape index (κ2) is 6.89. The Balaban J connectivity index is 2.34. The molecule has 0 aliphatic rings. The first kappa shape index (κ1) is 17.1. The summed E-state index contributed by atoms with van der Waals surface area (Å²) >= 11 is 5.85. The summed E-state index contributed by atoms with van der Waals surface area (Å²) in [5.41, 5.74) is 0.169. The Morgan fingerprint density at radius 1 is 1.13 bits per heavy atom. The normalized spacial score (nSPS) is 10.9. The van der Waals surface area contributed by atoms with Crippen LogP contribution >= 0.6 is 11.6 Å². The molecule has 2 aromatic rings. The lowest BCUT2D eigenvalue weighted by molar-refractivity contribution is -0.114. The SMILES string of the molecule is COc1ccc(S(=O)(=O)Oc2ccc(Cl)cc2NC(C)=O)cc1. The molecule has 0 saturated heterocycles. The molecule has 23 heavy (non-hydrogen) atoms. The number of ether oxygens (including phenoxy) is 1. The second-order valence-corrected chi connectivity index (χ2v) is 6.52. The van der Waals surface area contributed by atoms with E-state index in [4.69, 9.17) is 20.5 Å². The van der Waals surface area contributed by atoms with Crippen LogP contribution < -0.4 is 14.2 Å². The van der Waals surface area contributed by atoms with Gasteiger partial charge >= 0.3 is 10.1 Å². The van der Waals surface area contributed by atoms with E-state index >= 15 is 0 Å². The first-order chi connectivity index (χ1) is 10.8. The summed E-state index contributed by atoms with van der Waals surface area (Å²) < 4.78 is 34.7. The minimum atomic E-state index is -4.06. The molecule has 0 aliphatic heterocycles. The standard InChI is InChI=1S/C15H14ClNO5S/c1-10(18)17-14-9-11(16)3-8-15(14)22-23(19,20)13-6-4-12(21-2)5-7-13/h3-9H,1-2H3,(H,17,18). The van der Waals surface area contributed by atoms with Crippen LogP contribution in [-0.4, -0.2) is 21.4 Å². The van der Waals surface area contributed by atoms with Gasteiger partial charge in [0, 0.05) is 11.9 Å². The van der Waals surface area contributed by atoms with Crippen LogP contribution in [0, 0.1) is 0 Å². The van der Waals surface area contributed by atoms with Crippen LogP contribution in [0.4, 0.5) is 5.69 Å². The molecule has 0 radical (unpaired) electrons. The number of benzene rings is 2. The van der Waals surface area contributed by atoms with E-state index in [1.165, 1.54) is 56.5 Å². The second-order valence-electron chi connectivity index (χ2n) is 4.53. The molecule has 0 unspecified atom stereocenters. The van der Waals surface area contributed by atoms with Crippen molar-refractivity contribution in [3.63, 3.8) is 0 Å². The van der Waals surface area contributed by atoms with Gasteiger partial charge in [0.1, 0.15) is 10.6 Å². The van der Waals surface area contributed by atoms with E-state index in [2.05, 4.69) is 5.32 Å². The number of amides is 1. The molecule has 0 spiro atoms. The Kier molecular flexibility index (Phi) is 5.12. The number of halogens is 1. The quantitative estimate of drug-likeness (QED) is 0.833. The number of methoxy groups -OCH3 is 1. The van der Waals surface area contributed by atoms with Gasteiger partial charge in [-0.25, -0.2) is 0 Å². The summed E-state index contributed by atoms with van der Waals surface area (Å²) in [6, 6.07) is 9.98. The molecule has 0 heterocycles. The van der Waals surface area contributed by atoms with Crippen LogP contribution in [0.1, 0.15) is 6.92 Å². The lowest BCUT2D eigenvalue weighted by Crippen LogP contribution is -2.13. The monoisotopic (exact) mass is 355 g/mol. The fourth-order valence-electron chi connectivity index (χ4n) is 1.77. The fourth-order valence-corrected chi connectivity index (χ4v) is 2.89. The van der Waals surface area contributed by atoms with Crippen LogP contribution in [-0.2, 0) is 14.9 Å². The zero-order valence-corrected chi connectivity index (χ0v) is 13.9. The number of hydrogen-bond donors (Lipinski definition) is 1. The highest BCUT2D eigenvalue weighted by molar-refractivity contribution is 7.87. The van der Waals surface area contributed by atoms with Gasteiger partial charge in [0.05, 0.1) is 12.8 Å². The highest BCUT2D eigenvalue weighted by Crippen LogP contribution is 2.30. The van der Waals surface area contributed by atoms with Gasteiger partial charge in [-0.2, -0.15) is 8.42 Å². The Morgan fingerprint density at radius 3 is 2.35 bits per heavy atom.